The zero-order chi connectivity index (χ0) is 27.4. The summed E-state index contributed by atoms with van der Waals surface area (Å²) >= 11 is 0. The molecule has 0 saturated carbocycles. The molecule has 1 aliphatic rings. The Morgan fingerprint density at radius 1 is 1.02 bits per heavy atom. The van der Waals surface area contributed by atoms with E-state index < -0.39 is 0 Å². The molecular formula is C32H30N6O2. The van der Waals surface area contributed by atoms with Crippen molar-refractivity contribution in [1.29, 1.82) is 0 Å². The number of aromatic nitrogens is 4. The van der Waals surface area contributed by atoms with Gasteiger partial charge in [0.05, 0.1) is 11.7 Å². The number of fused-ring (bicyclic) bond motifs is 4. The fourth-order valence-corrected chi connectivity index (χ4v) is 6.02. The summed E-state index contributed by atoms with van der Waals surface area (Å²) in [5.74, 6) is 1.80. The molecule has 0 unspecified atom stereocenters. The lowest BCUT2D eigenvalue weighted by Gasteiger charge is -2.18. The minimum atomic E-state index is 0.0288. The standard InChI is InChI=1S/C32H30N6O2/c1-19-15-22(11-12-23(19)24-8-6-9-27-26(24)17-33-37(27)3)36-29(39)16-21-13-14-38(18-21)32-31-30(34-20(2)35-32)25-7-4-5-10-28(25)40-31/h4-12,15,17,21H,13-14,16,18H2,1-3H3,(H,36,39)/t21-/m1/s1. The predicted molar refractivity (Wildman–Crippen MR) is 159 cm³/mol. The quantitative estimate of drug-likeness (QED) is 0.277. The third-order valence-electron chi connectivity index (χ3n) is 7.97. The minimum absolute atomic E-state index is 0.0288. The number of nitrogens with one attached hydrogen (secondary N) is 1. The lowest BCUT2D eigenvalue weighted by Crippen LogP contribution is -2.23. The SMILES string of the molecule is Cc1nc(N2CC[C@H](CC(=O)Nc3ccc(-c4cccc5c4cnn5C)c(C)c3)C2)c2oc3ccccc3c2n1. The summed E-state index contributed by atoms with van der Waals surface area (Å²) in [6, 6.07) is 20.3. The number of hydrogen-bond acceptors (Lipinski definition) is 6. The molecule has 0 spiro atoms. The molecule has 1 aliphatic heterocycles. The van der Waals surface area contributed by atoms with Gasteiger partial charge in [-0.1, -0.05) is 30.3 Å². The van der Waals surface area contributed by atoms with E-state index in [-0.39, 0.29) is 11.8 Å². The van der Waals surface area contributed by atoms with Crippen molar-refractivity contribution >= 4 is 50.4 Å². The van der Waals surface area contributed by atoms with Gasteiger partial charge in [-0.2, -0.15) is 5.10 Å². The maximum Gasteiger partial charge on any atom is 0.224 e. The number of hydrogen-bond donors (Lipinski definition) is 1. The van der Waals surface area contributed by atoms with Crippen LogP contribution in [-0.2, 0) is 11.8 Å². The van der Waals surface area contributed by atoms with E-state index >= 15 is 0 Å². The van der Waals surface area contributed by atoms with E-state index in [4.69, 9.17) is 9.40 Å². The third-order valence-corrected chi connectivity index (χ3v) is 7.97. The van der Waals surface area contributed by atoms with Crippen LogP contribution in [0.5, 0.6) is 0 Å². The van der Waals surface area contributed by atoms with E-state index in [0.29, 0.717) is 12.2 Å². The first-order valence-corrected chi connectivity index (χ1v) is 13.7. The first kappa shape index (κ1) is 24.3. The molecule has 40 heavy (non-hydrogen) atoms. The van der Waals surface area contributed by atoms with Gasteiger partial charge in [0, 0.05) is 43.0 Å². The van der Waals surface area contributed by atoms with Gasteiger partial charge < -0.3 is 14.6 Å². The zero-order valence-electron chi connectivity index (χ0n) is 22.8. The molecule has 0 aliphatic carbocycles. The van der Waals surface area contributed by atoms with Gasteiger partial charge in [0.15, 0.2) is 11.4 Å². The number of rotatable bonds is 5. The molecule has 1 saturated heterocycles. The van der Waals surface area contributed by atoms with Gasteiger partial charge in [0.25, 0.3) is 0 Å². The van der Waals surface area contributed by atoms with Crippen LogP contribution in [0.1, 0.15) is 24.2 Å². The van der Waals surface area contributed by atoms with E-state index in [0.717, 1.165) is 80.7 Å². The highest BCUT2D eigenvalue weighted by Crippen LogP contribution is 2.36. The number of furan rings is 1. The van der Waals surface area contributed by atoms with Crippen LogP contribution in [-0.4, -0.2) is 38.7 Å². The molecule has 0 radical (unpaired) electrons. The summed E-state index contributed by atoms with van der Waals surface area (Å²) in [6.45, 7) is 5.57. The molecule has 1 N–H and O–H groups in total. The van der Waals surface area contributed by atoms with Crippen LogP contribution in [0.25, 0.3) is 44.1 Å². The number of carbonyl (C=O) groups is 1. The molecule has 3 aromatic carbocycles. The lowest BCUT2D eigenvalue weighted by molar-refractivity contribution is -0.116. The Kier molecular flexibility index (Phi) is 5.77. The van der Waals surface area contributed by atoms with Gasteiger partial charge >= 0.3 is 0 Å². The maximum atomic E-state index is 13.1. The second kappa shape index (κ2) is 9.48. The average Bonchev–Trinajstić information content (AvgIpc) is 3.66. The lowest BCUT2D eigenvalue weighted by atomic mass is 9.97. The van der Waals surface area contributed by atoms with Crippen molar-refractivity contribution in [3.05, 3.63) is 78.2 Å². The normalized spacial score (nSPS) is 15.5. The third kappa shape index (κ3) is 4.16. The van der Waals surface area contributed by atoms with Gasteiger partial charge in [0.1, 0.15) is 16.9 Å². The van der Waals surface area contributed by atoms with Gasteiger partial charge in [-0.25, -0.2) is 9.97 Å². The summed E-state index contributed by atoms with van der Waals surface area (Å²) in [6.07, 6.45) is 3.29. The highest BCUT2D eigenvalue weighted by molar-refractivity contribution is 6.05. The van der Waals surface area contributed by atoms with Gasteiger partial charge in [0.2, 0.25) is 5.91 Å². The summed E-state index contributed by atoms with van der Waals surface area (Å²) in [5.41, 5.74) is 7.67. The molecule has 1 fully saturated rings. The van der Waals surface area contributed by atoms with Crippen LogP contribution in [0.15, 0.2) is 71.3 Å². The number of amides is 1. The van der Waals surface area contributed by atoms with Gasteiger partial charge in [-0.3, -0.25) is 9.48 Å². The number of carbonyl (C=O) groups excluding carboxylic acids is 1. The fourth-order valence-electron chi connectivity index (χ4n) is 6.02. The van der Waals surface area contributed by atoms with Crippen LogP contribution in [0.4, 0.5) is 11.5 Å². The van der Waals surface area contributed by atoms with E-state index in [1.165, 1.54) is 0 Å². The van der Waals surface area contributed by atoms with Crippen molar-refractivity contribution in [2.24, 2.45) is 13.0 Å². The van der Waals surface area contributed by atoms with Gasteiger partial charge in [-0.15, -0.1) is 0 Å². The Bertz CT molecular complexity index is 1920. The van der Waals surface area contributed by atoms with Crippen molar-refractivity contribution in [2.45, 2.75) is 26.7 Å². The van der Waals surface area contributed by atoms with E-state index in [1.54, 1.807) is 0 Å². The summed E-state index contributed by atoms with van der Waals surface area (Å²) < 4.78 is 8.06. The second-order valence-electron chi connectivity index (χ2n) is 10.8. The first-order valence-electron chi connectivity index (χ1n) is 13.7. The number of nitrogens with zero attached hydrogens (tertiary/aromatic N) is 5. The van der Waals surface area contributed by atoms with E-state index in [2.05, 4.69) is 51.5 Å². The van der Waals surface area contributed by atoms with Crippen LogP contribution < -0.4 is 10.2 Å². The summed E-state index contributed by atoms with van der Waals surface area (Å²) in [5, 5.41) is 9.66. The molecule has 8 heteroatoms. The topological polar surface area (TPSA) is 89.1 Å². The molecule has 1 atom stereocenters. The molecule has 1 amide bonds. The van der Waals surface area contributed by atoms with Crippen LogP contribution in [0.3, 0.4) is 0 Å². The van der Waals surface area contributed by atoms with Crippen LogP contribution in [0, 0.1) is 19.8 Å². The number of benzene rings is 3. The zero-order valence-corrected chi connectivity index (χ0v) is 22.8. The predicted octanol–water partition coefficient (Wildman–Crippen LogP) is 6.40. The Balaban J connectivity index is 1.05. The van der Waals surface area contributed by atoms with Crippen LogP contribution >= 0.6 is 0 Å². The smallest absolute Gasteiger partial charge is 0.224 e. The Labute approximate surface area is 231 Å². The first-order chi connectivity index (χ1) is 19.4. The Morgan fingerprint density at radius 3 is 2.77 bits per heavy atom. The van der Waals surface area contributed by atoms with Crippen molar-refractivity contribution < 1.29 is 9.21 Å². The minimum Gasteiger partial charge on any atom is -0.450 e. The highest BCUT2D eigenvalue weighted by atomic mass is 16.3. The molecular weight excluding hydrogens is 500 g/mol. The summed E-state index contributed by atoms with van der Waals surface area (Å²) in [7, 11) is 1.95. The molecule has 3 aromatic heterocycles. The number of aryl methyl sites for hydroxylation is 3. The van der Waals surface area contributed by atoms with E-state index in [9.17, 15) is 4.79 Å². The van der Waals surface area contributed by atoms with Crippen molar-refractivity contribution in [2.75, 3.05) is 23.3 Å². The van der Waals surface area contributed by atoms with Crippen LogP contribution in [0.2, 0.25) is 0 Å². The summed E-state index contributed by atoms with van der Waals surface area (Å²) in [4.78, 5) is 24.7. The van der Waals surface area contributed by atoms with Crippen molar-refractivity contribution in [1.82, 2.24) is 19.7 Å². The molecule has 8 nitrogen and oxygen atoms in total. The second-order valence-corrected chi connectivity index (χ2v) is 10.8. The van der Waals surface area contributed by atoms with Crippen molar-refractivity contribution in [3.8, 4) is 11.1 Å². The highest BCUT2D eigenvalue weighted by Gasteiger charge is 2.28. The number of para-hydroxylation sites is 1. The molecule has 7 rings (SSSR count). The van der Waals surface area contributed by atoms with Gasteiger partial charge in [-0.05, 0) is 73.2 Å². The monoisotopic (exact) mass is 530 g/mol. The van der Waals surface area contributed by atoms with E-state index in [1.807, 2.05) is 61.2 Å². The molecule has 200 valence electrons. The average molecular weight is 531 g/mol. The fraction of sp³-hybridized carbons (Fsp3) is 0.250. The largest absolute Gasteiger partial charge is 0.450 e. The van der Waals surface area contributed by atoms with Crippen molar-refractivity contribution in [3.63, 3.8) is 0 Å². The molecule has 6 aromatic rings. The Hall–Kier alpha value is -4.72. The Morgan fingerprint density at radius 2 is 1.90 bits per heavy atom. The number of anilines is 2. The molecule has 0 bridgehead atoms. The molecule has 4 heterocycles. The maximum absolute atomic E-state index is 13.1.